The Hall–Kier alpha value is -3.81. The molecule has 0 bridgehead atoms. The number of carbonyl (C=O) groups is 2. The second-order valence-electron chi connectivity index (χ2n) is 7.20. The van der Waals surface area contributed by atoms with E-state index in [2.05, 4.69) is 4.98 Å². The van der Waals surface area contributed by atoms with Gasteiger partial charge in [-0.1, -0.05) is 12.1 Å². The van der Waals surface area contributed by atoms with E-state index in [1.807, 2.05) is 4.57 Å². The first-order valence-electron chi connectivity index (χ1n) is 9.71. The molecule has 2 aromatic carbocycles. The third-order valence-electron chi connectivity index (χ3n) is 5.22. The molecule has 1 saturated heterocycles. The van der Waals surface area contributed by atoms with Crippen molar-refractivity contribution in [3.8, 4) is 0 Å². The lowest BCUT2D eigenvalue weighted by atomic mass is 9.95. The topological polar surface area (TPSA) is 75.4 Å². The van der Waals surface area contributed by atoms with E-state index in [0.29, 0.717) is 18.5 Å². The number of aliphatic hydroxyl groups is 1. The molecule has 0 aliphatic carbocycles. The number of Topliss-reactive ketones (excluding diaryl/α,β-unsaturated/α-hetero) is 1. The molecule has 158 valence electrons. The second-order valence-corrected chi connectivity index (χ2v) is 7.20. The summed E-state index contributed by atoms with van der Waals surface area (Å²) >= 11 is 0. The molecule has 8 heteroatoms. The quantitative estimate of drug-likeness (QED) is 0.373. The maximum absolute atomic E-state index is 13.5. The average Bonchev–Trinajstić information content (AvgIpc) is 3.37. The van der Waals surface area contributed by atoms with Crippen LogP contribution < -0.4 is 0 Å². The Morgan fingerprint density at radius 3 is 2.23 bits per heavy atom. The van der Waals surface area contributed by atoms with Gasteiger partial charge in [-0.05, 0) is 48.4 Å². The van der Waals surface area contributed by atoms with Crippen LogP contribution in [0.5, 0.6) is 0 Å². The lowest BCUT2D eigenvalue weighted by molar-refractivity contribution is -0.139. The summed E-state index contributed by atoms with van der Waals surface area (Å²) in [5.74, 6) is -2.93. The van der Waals surface area contributed by atoms with Gasteiger partial charge in [0.25, 0.3) is 11.7 Å². The highest BCUT2D eigenvalue weighted by Crippen LogP contribution is 2.39. The summed E-state index contributed by atoms with van der Waals surface area (Å²) in [7, 11) is 0. The van der Waals surface area contributed by atoms with E-state index in [4.69, 9.17) is 0 Å². The van der Waals surface area contributed by atoms with E-state index in [9.17, 15) is 23.5 Å². The van der Waals surface area contributed by atoms with Crippen LogP contribution in [0, 0.1) is 11.6 Å². The summed E-state index contributed by atoms with van der Waals surface area (Å²) in [5.41, 5.74) is 0.600. The fraction of sp³-hybridized carbons (Fsp3) is 0.174. The lowest BCUT2D eigenvalue weighted by Crippen LogP contribution is -2.31. The summed E-state index contributed by atoms with van der Waals surface area (Å²) in [6, 6.07) is 9.52. The van der Waals surface area contributed by atoms with E-state index in [1.165, 1.54) is 41.3 Å². The molecule has 6 nitrogen and oxygen atoms in total. The Kier molecular flexibility index (Phi) is 5.62. The minimum absolute atomic E-state index is 0.106. The molecule has 3 aromatic rings. The molecular formula is C23H19F2N3O3. The maximum Gasteiger partial charge on any atom is 0.295 e. The molecule has 2 heterocycles. The zero-order valence-corrected chi connectivity index (χ0v) is 16.4. The van der Waals surface area contributed by atoms with Gasteiger partial charge in [0.05, 0.1) is 17.9 Å². The highest BCUT2D eigenvalue weighted by atomic mass is 19.1. The largest absolute Gasteiger partial charge is 0.507 e. The standard InChI is InChI=1S/C23H19F2N3O3/c24-17-6-2-15(3-7-17)20-19(21(29)16-4-8-18(25)9-5-16)22(30)23(31)28(20)12-1-11-27-13-10-26-14-27/h2-10,13-14,20,29H,1,11-12H2/t20-/m0/s1. The summed E-state index contributed by atoms with van der Waals surface area (Å²) in [6.07, 6.45) is 5.63. The number of hydrogen-bond acceptors (Lipinski definition) is 4. The van der Waals surface area contributed by atoms with Crippen LogP contribution in [0.25, 0.3) is 5.76 Å². The summed E-state index contributed by atoms with van der Waals surface area (Å²) in [4.78, 5) is 31.0. The number of benzene rings is 2. The van der Waals surface area contributed by atoms with Gasteiger partial charge in [-0.2, -0.15) is 0 Å². The number of carbonyl (C=O) groups excluding carboxylic acids is 2. The highest BCUT2D eigenvalue weighted by Gasteiger charge is 2.45. The smallest absolute Gasteiger partial charge is 0.295 e. The fourth-order valence-corrected chi connectivity index (χ4v) is 3.71. The number of ketones is 1. The minimum atomic E-state index is -0.881. The Balaban J connectivity index is 1.72. The summed E-state index contributed by atoms with van der Waals surface area (Å²) in [5, 5.41) is 10.9. The molecule has 1 fully saturated rings. The maximum atomic E-state index is 13.5. The van der Waals surface area contributed by atoms with Crippen molar-refractivity contribution in [2.24, 2.45) is 0 Å². The molecule has 1 amide bonds. The molecule has 1 aromatic heterocycles. The van der Waals surface area contributed by atoms with Crippen LogP contribution in [0.15, 0.2) is 72.8 Å². The molecule has 0 radical (unpaired) electrons. The van der Waals surface area contributed by atoms with Gasteiger partial charge in [0.15, 0.2) is 0 Å². The van der Waals surface area contributed by atoms with Gasteiger partial charge < -0.3 is 14.6 Å². The van der Waals surface area contributed by atoms with Crippen molar-refractivity contribution in [3.05, 3.63) is 95.6 Å². The van der Waals surface area contributed by atoms with Gasteiger partial charge >= 0.3 is 0 Å². The van der Waals surface area contributed by atoms with Gasteiger partial charge in [0.1, 0.15) is 17.4 Å². The Bertz CT molecular complexity index is 1120. The molecular weight excluding hydrogens is 404 g/mol. The molecule has 1 N–H and O–H groups in total. The van der Waals surface area contributed by atoms with Gasteiger partial charge in [-0.15, -0.1) is 0 Å². The normalized spacial score (nSPS) is 18.0. The molecule has 4 rings (SSSR count). The zero-order valence-electron chi connectivity index (χ0n) is 16.4. The van der Waals surface area contributed by atoms with Crippen molar-refractivity contribution in [1.29, 1.82) is 0 Å². The van der Waals surface area contributed by atoms with Gasteiger partial charge in [-0.25, -0.2) is 13.8 Å². The van der Waals surface area contributed by atoms with Crippen molar-refractivity contribution in [1.82, 2.24) is 14.5 Å². The van der Waals surface area contributed by atoms with E-state index in [0.717, 1.165) is 12.1 Å². The van der Waals surface area contributed by atoms with Crippen LogP contribution in [-0.4, -0.2) is 37.8 Å². The molecule has 0 saturated carbocycles. The molecule has 1 aliphatic rings. The number of rotatable bonds is 6. The Morgan fingerprint density at radius 1 is 0.968 bits per heavy atom. The Morgan fingerprint density at radius 2 is 1.61 bits per heavy atom. The van der Waals surface area contributed by atoms with E-state index >= 15 is 0 Å². The first-order valence-corrected chi connectivity index (χ1v) is 9.71. The van der Waals surface area contributed by atoms with Crippen molar-refractivity contribution < 1.29 is 23.5 Å². The van der Waals surface area contributed by atoms with Gasteiger partial charge in [0, 0.05) is 31.0 Å². The molecule has 1 aliphatic heterocycles. The van der Waals surface area contributed by atoms with E-state index in [-0.39, 0.29) is 17.7 Å². The van der Waals surface area contributed by atoms with Crippen molar-refractivity contribution in [3.63, 3.8) is 0 Å². The fourth-order valence-electron chi connectivity index (χ4n) is 3.71. The number of aromatic nitrogens is 2. The van der Waals surface area contributed by atoms with Crippen LogP contribution in [0.2, 0.25) is 0 Å². The number of amides is 1. The van der Waals surface area contributed by atoms with Crippen molar-refractivity contribution in [2.45, 2.75) is 19.0 Å². The SMILES string of the molecule is O=C1C(=O)N(CCCn2ccnc2)[C@@H](c2ccc(F)cc2)C1=C(O)c1ccc(F)cc1. The van der Waals surface area contributed by atoms with E-state index in [1.54, 1.807) is 18.7 Å². The third kappa shape index (κ3) is 4.09. The highest BCUT2D eigenvalue weighted by molar-refractivity contribution is 6.46. The first kappa shape index (κ1) is 20.5. The molecule has 31 heavy (non-hydrogen) atoms. The van der Waals surface area contributed by atoms with Crippen LogP contribution in [-0.2, 0) is 16.1 Å². The second kappa shape index (κ2) is 8.51. The predicted molar refractivity (Wildman–Crippen MR) is 109 cm³/mol. The average molecular weight is 423 g/mol. The number of likely N-dealkylation sites (tertiary alicyclic amines) is 1. The molecule has 1 atom stereocenters. The predicted octanol–water partition coefficient (Wildman–Crippen LogP) is 3.67. The van der Waals surface area contributed by atoms with Crippen LogP contribution in [0.4, 0.5) is 8.78 Å². The summed E-state index contributed by atoms with van der Waals surface area (Å²) in [6.45, 7) is 0.822. The number of aliphatic hydroxyl groups excluding tert-OH is 1. The van der Waals surface area contributed by atoms with Crippen molar-refractivity contribution in [2.75, 3.05) is 6.54 Å². The van der Waals surface area contributed by atoms with Crippen LogP contribution in [0.1, 0.15) is 23.6 Å². The first-order chi connectivity index (χ1) is 15.0. The number of imidazole rings is 1. The summed E-state index contributed by atoms with van der Waals surface area (Å²) < 4.78 is 28.6. The minimum Gasteiger partial charge on any atom is -0.507 e. The number of hydrogen-bond donors (Lipinski definition) is 1. The lowest BCUT2D eigenvalue weighted by Gasteiger charge is -2.25. The molecule has 0 spiro atoms. The zero-order chi connectivity index (χ0) is 22.0. The molecule has 0 unspecified atom stereocenters. The van der Waals surface area contributed by atoms with Crippen LogP contribution in [0.3, 0.4) is 0 Å². The van der Waals surface area contributed by atoms with Gasteiger partial charge in [0.2, 0.25) is 0 Å². The van der Waals surface area contributed by atoms with Crippen LogP contribution >= 0.6 is 0 Å². The van der Waals surface area contributed by atoms with Gasteiger partial charge in [-0.3, -0.25) is 9.59 Å². The Labute approximate surface area is 177 Å². The number of nitrogens with zero attached hydrogens (tertiary/aromatic N) is 3. The van der Waals surface area contributed by atoms with E-state index < -0.39 is 35.1 Å². The number of halogens is 2. The number of aryl methyl sites for hydroxylation is 1. The monoisotopic (exact) mass is 423 g/mol. The van der Waals surface area contributed by atoms with Crippen molar-refractivity contribution >= 4 is 17.4 Å². The third-order valence-corrected chi connectivity index (χ3v) is 5.22.